The Balaban J connectivity index is 3.59. The zero-order valence-corrected chi connectivity index (χ0v) is 8.44. The van der Waals surface area contributed by atoms with E-state index in [0.29, 0.717) is 22.4 Å². The number of anilines is 1. The van der Waals surface area contributed by atoms with E-state index in [-0.39, 0.29) is 0 Å². The summed E-state index contributed by atoms with van der Waals surface area (Å²) in [5, 5.41) is 26.5. The predicted molar refractivity (Wildman–Crippen MR) is 54.9 cm³/mol. The Hall–Kier alpha value is -2.51. The Morgan fingerprint density at radius 1 is 0.933 bits per heavy atom. The maximum Gasteiger partial charge on any atom is 0.101 e. The third-order valence-corrected chi connectivity index (χ3v) is 1.93. The molecule has 0 heterocycles. The van der Waals surface area contributed by atoms with Crippen LogP contribution in [0.5, 0.6) is 0 Å². The maximum atomic E-state index is 8.91. The molecule has 0 saturated heterocycles. The lowest BCUT2D eigenvalue weighted by atomic mass is 10.0. The van der Waals surface area contributed by atoms with Crippen molar-refractivity contribution in [2.45, 2.75) is 0 Å². The highest BCUT2D eigenvalue weighted by Crippen LogP contribution is 2.24. The summed E-state index contributed by atoms with van der Waals surface area (Å²) in [6.07, 6.45) is 0. The zero-order chi connectivity index (χ0) is 11.4. The van der Waals surface area contributed by atoms with E-state index in [1.165, 1.54) is 12.1 Å². The Morgan fingerprint density at radius 2 is 1.40 bits per heavy atom. The fourth-order valence-corrected chi connectivity index (χ4v) is 1.35. The summed E-state index contributed by atoms with van der Waals surface area (Å²) >= 11 is 0. The van der Waals surface area contributed by atoms with Crippen molar-refractivity contribution >= 4 is 5.69 Å². The topological polar surface area (TPSA) is 74.6 Å². The molecule has 4 nitrogen and oxygen atoms in total. The molecule has 0 fully saturated rings. The van der Waals surface area contributed by atoms with Gasteiger partial charge in [0.1, 0.15) is 12.1 Å². The lowest BCUT2D eigenvalue weighted by molar-refractivity contribution is 1.12. The largest absolute Gasteiger partial charge is 0.376 e. The van der Waals surface area contributed by atoms with Gasteiger partial charge in [0.05, 0.1) is 28.4 Å². The molecule has 1 aromatic carbocycles. The first-order chi connectivity index (χ1) is 7.13. The summed E-state index contributed by atoms with van der Waals surface area (Å²) in [7, 11) is 3.51. The summed E-state index contributed by atoms with van der Waals surface area (Å²) in [5.41, 5.74) is 1.57. The van der Waals surface area contributed by atoms with Crippen LogP contribution in [0.4, 0.5) is 5.69 Å². The normalized spacial score (nSPS) is 8.47. The molecule has 0 unspecified atom stereocenters. The second-order valence-corrected chi connectivity index (χ2v) is 3.15. The van der Waals surface area contributed by atoms with Crippen molar-refractivity contribution in [3.8, 4) is 18.2 Å². The van der Waals surface area contributed by atoms with E-state index in [4.69, 9.17) is 15.8 Å². The highest BCUT2D eigenvalue weighted by molar-refractivity contribution is 5.69. The third kappa shape index (κ3) is 1.88. The SMILES string of the molecule is CN(C)c1c(C#N)cc(C#N)cc1C#N. The van der Waals surface area contributed by atoms with Gasteiger partial charge in [0.2, 0.25) is 0 Å². The molecule has 0 aliphatic rings. The Bertz CT molecular complexity index is 474. The number of benzene rings is 1. The number of nitriles is 3. The van der Waals surface area contributed by atoms with E-state index in [1.54, 1.807) is 19.0 Å². The van der Waals surface area contributed by atoms with Crippen molar-refractivity contribution in [1.29, 1.82) is 15.8 Å². The average molecular weight is 196 g/mol. The lowest BCUT2D eigenvalue weighted by Crippen LogP contribution is -2.12. The van der Waals surface area contributed by atoms with Crippen LogP contribution in [0.3, 0.4) is 0 Å². The van der Waals surface area contributed by atoms with Gasteiger partial charge in [-0.1, -0.05) is 0 Å². The predicted octanol–water partition coefficient (Wildman–Crippen LogP) is 1.37. The van der Waals surface area contributed by atoms with Gasteiger partial charge < -0.3 is 4.90 Å². The molecule has 0 bridgehead atoms. The zero-order valence-electron chi connectivity index (χ0n) is 8.44. The smallest absolute Gasteiger partial charge is 0.101 e. The first-order valence-electron chi connectivity index (χ1n) is 4.19. The van der Waals surface area contributed by atoms with E-state index in [1.807, 2.05) is 18.2 Å². The van der Waals surface area contributed by atoms with Crippen LogP contribution in [0.1, 0.15) is 16.7 Å². The minimum atomic E-state index is 0.328. The molecule has 1 rings (SSSR count). The van der Waals surface area contributed by atoms with Crippen LogP contribution in [0.25, 0.3) is 0 Å². The number of rotatable bonds is 1. The van der Waals surface area contributed by atoms with Gasteiger partial charge in [-0.25, -0.2) is 0 Å². The molecular weight excluding hydrogens is 188 g/mol. The molecule has 0 atom stereocenters. The van der Waals surface area contributed by atoms with Crippen LogP contribution in [0, 0.1) is 34.0 Å². The lowest BCUT2D eigenvalue weighted by Gasteiger charge is -2.15. The number of hydrogen-bond donors (Lipinski definition) is 0. The van der Waals surface area contributed by atoms with Gasteiger partial charge >= 0.3 is 0 Å². The molecule has 0 spiro atoms. The minimum absolute atomic E-state index is 0.328. The van der Waals surface area contributed by atoms with Crippen molar-refractivity contribution in [2.24, 2.45) is 0 Å². The van der Waals surface area contributed by atoms with Gasteiger partial charge in [0.15, 0.2) is 0 Å². The quantitative estimate of drug-likeness (QED) is 0.679. The Labute approximate surface area is 88.2 Å². The average Bonchev–Trinajstić information content (AvgIpc) is 2.26. The molecule has 4 heteroatoms. The molecule has 0 aliphatic carbocycles. The van der Waals surface area contributed by atoms with Crippen LogP contribution >= 0.6 is 0 Å². The molecule has 0 saturated carbocycles. The van der Waals surface area contributed by atoms with Crippen molar-refractivity contribution in [3.05, 3.63) is 28.8 Å². The second kappa shape index (κ2) is 4.13. The van der Waals surface area contributed by atoms with Crippen LogP contribution in [0.15, 0.2) is 12.1 Å². The molecule has 1 aromatic rings. The summed E-state index contributed by atoms with van der Waals surface area (Å²) in [5.74, 6) is 0. The van der Waals surface area contributed by atoms with Crippen molar-refractivity contribution < 1.29 is 0 Å². The van der Waals surface area contributed by atoms with E-state index in [0.717, 1.165) is 0 Å². The minimum Gasteiger partial charge on any atom is -0.376 e. The fourth-order valence-electron chi connectivity index (χ4n) is 1.35. The van der Waals surface area contributed by atoms with Crippen molar-refractivity contribution in [3.63, 3.8) is 0 Å². The molecule has 15 heavy (non-hydrogen) atoms. The summed E-state index contributed by atoms with van der Waals surface area (Å²) < 4.78 is 0. The standard InChI is InChI=1S/C11H8N4/c1-15(2)11-9(6-13)3-8(5-12)4-10(11)7-14/h3-4H,1-2H3. The first kappa shape index (κ1) is 10.6. The second-order valence-electron chi connectivity index (χ2n) is 3.15. The highest BCUT2D eigenvalue weighted by atomic mass is 15.1. The monoisotopic (exact) mass is 196 g/mol. The highest BCUT2D eigenvalue weighted by Gasteiger charge is 2.12. The van der Waals surface area contributed by atoms with E-state index in [2.05, 4.69) is 0 Å². The third-order valence-electron chi connectivity index (χ3n) is 1.93. The van der Waals surface area contributed by atoms with Crippen molar-refractivity contribution in [2.75, 3.05) is 19.0 Å². The summed E-state index contributed by atoms with van der Waals surface area (Å²) in [6, 6.07) is 8.85. The molecule has 0 amide bonds. The van der Waals surface area contributed by atoms with E-state index < -0.39 is 0 Å². The van der Waals surface area contributed by atoms with Gasteiger partial charge in [-0.2, -0.15) is 15.8 Å². The van der Waals surface area contributed by atoms with Crippen LogP contribution < -0.4 is 4.90 Å². The molecule has 0 aromatic heterocycles. The summed E-state index contributed by atoms with van der Waals surface area (Å²) in [4.78, 5) is 1.69. The van der Waals surface area contributed by atoms with Crippen LogP contribution in [-0.4, -0.2) is 14.1 Å². The molecule has 72 valence electrons. The van der Waals surface area contributed by atoms with E-state index in [9.17, 15) is 0 Å². The maximum absolute atomic E-state index is 8.91. The van der Waals surface area contributed by atoms with Gasteiger partial charge in [-0.3, -0.25) is 0 Å². The van der Waals surface area contributed by atoms with E-state index >= 15 is 0 Å². The van der Waals surface area contributed by atoms with Crippen molar-refractivity contribution in [1.82, 2.24) is 0 Å². The number of nitrogens with zero attached hydrogens (tertiary/aromatic N) is 4. The Morgan fingerprint density at radius 3 is 1.67 bits per heavy atom. The van der Waals surface area contributed by atoms with Crippen LogP contribution in [0.2, 0.25) is 0 Å². The van der Waals surface area contributed by atoms with Gasteiger partial charge in [-0.15, -0.1) is 0 Å². The van der Waals surface area contributed by atoms with Gasteiger partial charge in [0.25, 0.3) is 0 Å². The first-order valence-corrected chi connectivity index (χ1v) is 4.19. The molecular formula is C11H8N4. The van der Waals surface area contributed by atoms with Gasteiger partial charge in [0, 0.05) is 14.1 Å². The fraction of sp³-hybridized carbons (Fsp3) is 0.182. The summed E-state index contributed by atoms with van der Waals surface area (Å²) in [6.45, 7) is 0. The Kier molecular flexibility index (Phi) is 2.91. The molecule has 0 radical (unpaired) electrons. The van der Waals surface area contributed by atoms with Gasteiger partial charge in [-0.05, 0) is 12.1 Å². The number of hydrogen-bond acceptors (Lipinski definition) is 4. The molecule has 0 N–H and O–H groups in total. The van der Waals surface area contributed by atoms with Crippen LogP contribution in [-0.2, 0) is 0 Å². The molecule has 0 aliphatic heterocycles.